The minimum Gasteiger partial charge on any atom is -0.143 e. The zero-order valence-electron chi connectivity index (χ0n) is 5.23. The van der Waals surface area contributed by atoms with Gasteiger partial charge in [-0.15, -0.1) is 22.9 Å². The summed E-state index contributed by atoms with van der Waals surface area (Å²) in [4.78, 5) is 1.07. The third kappa shape index (κ3) is 1.75. The maximum Gasteiger partial charge on any atom is 0.0519 e. The highest BCUT2D eigenvalue weighted by Gasteiger charge is 1.99. The average molecular weight is 193 g/mol. The molecule has 0 atom stereocenters. The summed E-state index contributed by atoms with van der Waals surface area (Å²) in [6.07, 6.45) is 0. The molecule has 0 N–H and O–H groups in total. The summed E-state index contributed by atoms with van der Waals surface area (Å²) in [5.41, 5.74) is 0.929. The fraction of sp³-hybridized carbons (Fsp3) is 0.143. The highest BCUT2D eigenvalue weighted by molar-refractivity contribution is 7.11. The van der Waals surface area contributed by atoms with Crippen LogP contribution in [0.4, 0.5) is 0 Å². The van der Waals surface area contributed by atoms with Crippen LogP contribution in [0.1, 0.15) is 4.88 Å². The second-order valence-corrected chi connectivity index (χ2v) is 3.48. The topological polar surface area (TPSA) is 0 Å². The van der Waals surface area contributed by atoms with Gasteiger partial charge in [0.15, 0.2) is 0 Å². The lowest BCUT2D eigenvalue weighted by Crippen LogP contribution is -1.75. The monoisotopic (exact) mass is 192 g/mol. The van der Waals surface area contributed by atoms with Crippen LogP contribution in [0.3, 0.4) is 0 Å². The Balaban J connectivity index is 2.85. The molecule has 0 aliphatic rings. The van der Waals surface area contributed by atoms with Gasteiger partial charge in [-0.3, -0.25) is 0 Å². The van der Waals surface area contributed by atoms with Gasteiger partial charge in [0.05, 0.1) is 5.02 Å². The van der Waals surface area contributed by atoms with Crippen molar-refractivity contribution in [3.63, 3.8) is 0 Å². The minimum atomic E-state index is 0.469. The first-order valence-corrected chi connectivity index (χ1v) is 4.51. The van der Waals surface area contributed by atoms with Gasteiger partial charge in [-0.1, -0.05) is 18.2 Å². The van der Waals surface area contributed by atoms with Crippen molar-refractivity contribution in [1.82, 2.24) is 0 Å². The van der Waals surface area contributed by atoms with Crippen molar-refractivity contribution in [3.8, 4) is 0 Å². The molecule has 0 aliphatic heterocycles. The molecule has 1 rings (SSSR count). The Labute approximate surface area is 74.1 Å². The number of rotatable bonds is 2. The van der Waals surface area contributed by atoms with Gasteiger partial charge in [-0.25, -0.2) is 0 Å². The predicted molar refractivity (Wildman–Crippen MR) is 49.1 cm³/mol. The molecule has 1 aromatic heterocycles. The standard InChI is InChI=1S/C7H6Cl2S/c1-5(3-8)7-2-6(9)4-10-7/h2,4H,1,3H2. The fourth-order valence-electron chi connectivity index (χ4n) is 0.564. The van der Waals surface area contributed by atoms with Crippen molar-refractivity contribution >= 4 is 40.1 Å². The lowest BCUT2D eigenvalue weighted by atomic mass is 10.3. The minimum absolute atomic E-state index is 0.469. The van der Waals surface area contributed by atoms with E-state index in [-0.39, 0.29) is 0 Å². The van der Waals surface area contributed by atoms with Crippen LogP contribution in [0, 0.1) is 0 Å². The number of hydrogen-bond acceptors (Lipinski definition) is 1. The van der Waals surface area contributed by atoms with Gasteiger partial charge in [-0.05, 0) is 11.6 Å². The molecule has 0 unspecified atom stereocenters. The van der Waals surface area contributed by atoms with Gasteiger partial charge < -0.3 is 0 Å². The molecule has 0 aliphatic carbocycles. The molecule has 1 aromatic rings. The van der Waals surface area contributed by atoms with Gasteiger partial charge in [0, 0.05) is 16.1 Å². The predicted octanol–water partition coefficient (Wildman–Crippen LogP) is 3.65. The highest BCUT2D eigenvalue weighted by Crippen LogP contribution is 2.25. The van der Waals surface area contributed by atoms with Crippen LogP contribution >= 0.6 is 34.5 Å². The van der Waals surface area contributed by atoms with Gasteiger partial charge in [0.25, 0.3) is 0 Å². The Hall–Kier alpha value is 0.0200. The number of halogens is 2. The largest absolute Gasteiger partial charge is 0.143 e. The van der Waals surface area contributed by atoms with E-state index in [9.17, 15) is 0 Å². The third-order valence-corrected chi connectivity index (χ3v) is 2.78. The Morgan fingerprint density at radius 2 is 2.40 bits per heavy atom. The molecule has 1 heterocycles. The van der Waals surface area contributed by atoms with Crippen molar-refractivity contribution in [1.29, 1.82) is 0 Å². The molecule has 3 heteroatoms. The summed E-state index contributed by atoms with van der Waals surface area (Å²) in [5.74, 6) is 0.469. The zero-order chi connectivity index (χ0) is 7.56. The lowest BCUT2D eigenvalue weighted by Gasteiger charge is -1.92. The molecule has 0 nitrogen and oxygen atoms in total. The average Bonchev–Trinajstić information content (AvgIpc) is 2.34. The van der Waals surface area contributed by atoms with E-state index in [4.69, 9.17) is 23.2 Å². The Kier molecular flexibility index (Phi) is 2.78. The number of alkyl halides is 1. The van der Waals surface area contributed by atoms with Crippen LogP contribution in [0.2, 0.25) is 5.02 Å². The van der Waals surface area contributed by atoms with Gasteiger partial charge in [0.2, 0.25) is 0 Å². The normalized spacial score (nSPS) is 9.80. The summed E-state index contributed by atoms with van der Waals surface area (Å²) in [6.45, 7) is 3.78. The second kappa shape index (κ2) is 3.42. The summed E-state index contributed by atoms with van der Waals surface area (Å²) in [7, 11) is 0. The second-order valence-electron chi connectivity index (χ2n) is 1.87. The number of allylic oxidation sites excluding steroid dienone is 1. The van der Waals surface area contributed by atoms with E-state index >= 15 is 0 Å². The summed E-state index contributed by atoms with van der Waals surface area (Å²) >= 11 is 12.8. The molecule has 0 radical (unpaired) electrons. The van der Waals surface area contributed by atoms with Crippen LogP contribution in [0.15, 0.2) is 18.0 Å². The van der Waals surface area contributed by atoms with Crippen molar-refractivity contribution in [2.75, 3.05) is 5.88 Å². The van der Waals surface area contributed by atoms with E-state index < -0.39 is 0 Å². The Bertz CT molecular complexity index is 240. The molecule has 0 aromatic carbocycles. The Morgan fingerprint density at radius 3 is 2.80 bits per heavy atom. The van der Waals surface area contributed by atoms with Crippen LogP contribution in [0.5, 0.6) is 0 Å². The molecule has 0 fully saturated rings. The summed E-state index contributed by atoms with van der Waals surface area (Å²) < 4.78 is 0. The SMILES string of the molecule is C=C(CCl)c1cc(Cl)cs1. The van der Waals surface area contributed by atoms with E-state index in [0.29, 0.717) is 5.88 Å². The van der Waals surface area contributed by atoms with Crippen LogP contribution in [0.25, 0.3) is 5.57 Å². The Morgan fingerprint density at radius 1 is 1.70 bits per heavy atom. The van der Waals surface area contributed by atoms with Gasteiger partial charge >= 0.3 is 0 Å². The molecule has 0 saturated carbocycles. The highest BCUT2D eigenvalue weighted by atomic mass is 35.5. The molecule has 0 bridgehead atoms. The van der Waals surface area contributed by atoms with Crippen LogP contribution in [-0.2, 0) is 0 Å². The van der Waals surface area contributed by atoms with Crippen molar-refractivity contribution in [2.45, 2.75) is 0 Å². The molecule has 10 heavy (non-hydrogen) atoms. The molecule has 0 amide bonds. The van der Waals surface area contributed by atoms with E-state index in [2.05, 4.69) is 6.58 Å². The molecular formula is C7H6Cl2S. The van der Waals surface area contributed by atoms with Crippen LogP contribution < -0.4 is 0 Å². The molecular weight excluding hydrogens is 187 g/mol. The molecule has 54 valence electrons. The third-order valence-electron chi connectivity index (χ3n) is 1.08. The van der Waals surface area contributed by atoms with E-state index in [1.165, 1.54) is 0 Å². The van der Waals surface area contributed by atoms with Crippen LogP contribution in [-0.4, -0.2) is 5.88 Å². The van der Waals surface area contributed by atoms with Crippen molar-refractivity contribution in [2.24, 2.45) is 0 Å². The zero-order valence-corrected chi connectivity index (χ0v) is 7.56. The van der Waals surface area contributed by atoms with Crippen molar-refractivity contribution < 1.29 is 0 Å². The first kappa shape index (κ1) is 8.12. The molecule has 0 saturated heterocycles. The van der Waals surface area contributed by atoms with Crippen molar-refractivity contribution in [3.05, 3.63) is 27.9 Å². The van der Waals surface area contributed by atoms with E-state index in [0.717, 1.165) is 15.5 Å². The van der Waals surface area contributed by atoms with E-state index in [1.54, 1.807) is 11.3 Å². The number of thiophene rings is 1. The first-order chi connectivity index (χ1) is 4.74. The van der Waals surface area contributed by atoms with Gasteiger partial charge in [0.1, 0.15) is 0 Å². The first-order valence-electron chi connectivity index (χ1n) is 2.72. The quantitative estimate of drug-likeness (QED) is 0.629. The molecule has 0 spiro atoms. The lowest BCUT2D eigenvalue weighted by molar-refractivity contribution is 1.75. The van der Waals surface area contributed by atoms with E-state index in [1.807, 2.05) is 11.4 Å². The maximum atomic E-state index is 5.69. The summed E-state index contributed by atoms with van der Waals surface area (Å²) in [5, 5.41) is 2.63. The maximum absolute atomic E-state index is 5.69. The number of hydrogen-bond donors (Lipinski definition) is 0. The summed E-state index contributed by atoms with van der Waals surface area (Å²) in [6, 6.07) is 1.87. The van der Waals surface area contributed by atoms with Gasteiger partial charge in [-0.2, -0.15) is 0 Å². The fourth-order valence-corrected chi connectivity index (χ4v) is 1.84. The smallest absolute Gasteiger partial charge is 0.0519 e.